The van der Waals surface area contributed by atoms with Crippen molar-refractivity contribution in [3.05, 3.63) is 33.4 Å². The van der Waals surface area contributed by atoms with Gasteiger partial charge in [0.2, 0.25) is 0 Å². The fraction of sp³-hybridized carbons (Fsp3) is 0.500. The van der Waals surface area contributed by atoms with Crippen LogP contribution >= 0.6 is 15.9 Å². The molecular formula is C12H17BrN4O. The van der Waals surface area contributed by atoms with Gasteiger partial charge in [-0.3, -0.25) is 4.68 Å². The zero-order chi connectivity index (χ0) is 13.1. The number of aromatic nitrogens is 3. The second-order valence-electron chi connectivity index (χ2n) is 4.22. The monoisotopic (exact) mass is 312 g/mol. The fourth-order valence-corrected chi connectivity index (χ4v) is 2.57. The molecule has 0 saturated carbocycles. The molecule has 0 spiro atoms. The second kappa shape index (κ2) is 5.67. The van der Waals surface area contributed by atoms with Crippen molar-refractivity contribution in [1.82, 2.24) is 20.3 Å². The average molecular weight is 313 g/mol. The first-order valence-corrected chi connectivity index (χ1v) is 6.74. The third-order valence-corrected chi connectivity index (χ3v) is 3.69. The highest BCUT2D eigenvalue weighted by Crippen LogP contribution is 2.21. The van der Waals surface area contributed by atoms with Gasteiger partial charge in [-0.2, -0.15) is 5.10 Å². The Kier molecular flexibility index (Phi) is 4.19. The number of aryl methyl sites for hydroxylation is 3. The van der Waals surface area contributed by atoms with Gasteiger partial charge in [-0.1, -0.05) is 12.1 Å². The van der Waals surface area contributed by atoms with Gasteiger partial charge in [0.1, 0.15) is 0 Å². The predicted molar refractivity (Wildman–Crippen MR) is 72.1 cm³/mol. The Bertz CT molecular complexity index is 532. The van der Waals surface area contributed by atoms with Crippen LogP contribution in [0.2, 0.25) is 0 Å². The summed E-state index contributed by atoms with van der Waals surface area (Å²) >= 11 is 3.59. The third-order valence-electron chi connectivity index (χ3n) is 2.77. The van der Waals surface area contributed by atoms with Crippen molar-refractivity contribution in [2.75, 3.05) is 0 Å². The summed E-state index contributed by atoms with van der Waals surface area (Å²) in [5.74, 6) is 0.849. The lowest BCUT2D eigenvalue weighted by atomic mass is 10.3. The van der Waals surface area contributed by atoms with Crippen molar-refractivity contribution in [2.24, 2.45) is 7.05 Å². The highest BCUT2D eigenvalue weighted by molar-refractivity contribution is 9.10. The molecule has 18 heavy (non-hydrogen) atoms. The van der Waals surface area contributed by atoms with Crippen LogP contribution in [0.4, 0.5) is 0 Å². The van der Waals surface area contributed by atoms with E-state index in [1.807, 2.05) is 24.7 Å². The van der Waals surface area contributed by atoms with E-state index in [0.717, 1.165) is 40.3 Å². The van der Waals surface area contributed by atoms with Crippen LogP contribution in [0.25, 0.3) is 0 Å². The Hall–Kier alpha value is -1.14. The van der Waals surface area contributed by atoms with Crippen molar-refractivity contribution in [1.29, 1.82) is 0 Å². The van der Waals surface area contributed by atoms with E-state index >= 15 is 0 Å². The predicted octanol–water partition coefficient (Wildman–Crippen LogP) is 2.33. The van der Waals surface area contributed by atoms with E-state index in [1.165, 1.54) is 0 Å². The van der Waals surface area contributed by atoms with Crippen LogP contribution in [0.1, 0.15) is 29.8 Å². The van der Waals surface area contributed by atoms with Crippen molar-refractivity contribution in [3.8, 4) is 0 Å². The average Bonchev–Trinajstić information content (AvgIpc) is 2.86. The Morgan fingerprint density at radius 1 is 1.44 bits per heavy atom. The van der Waals surface area contributed by atoms with Crippen molar-refractivity contribution >= 4 is 15.9 Å². The van der Waals surface area contributed by atoms with Gasteiger partial charge in [0, 0.05) is 19.7 Å². The van der Waals surface area contributed by atoms with Gasteiger partial charge >= 0.3 is 0 Å². The SMILES string of the molecule is CCc1nn(C)c(CNCc2cc(C)no2)c1Br. The smallest absolute Gasteiger partial charge is 0.150 e. The summed E-state index contributed by atoms with van der Waals surface area (Å²) in [6.45, 7) is 5.42. The molecule has 2 heterocycles. The summed E-state index contributed by atoms with van der Waals surface area (Å²) in [5.41, 5.74) is 3.13. The van der Waals surface area contributed by atoms with Crippen LogP contribution in [-0.2, 0) is 26.6 Å². The summed E-state index contributed by atoms with van der Waals surface area (Å²) < 4.78 is 8.14. The number of hydrogen-bond donors (Lipinski definition) is 1. The van der Waals surface area contributed by atoms with Crippen LogP contribution in [0, 0.1) is 6.92 Å². The van der Waals surface area contributed by atoms with E-state index in [1.54, 1.807) is 0 Å². The molecule has 0 atom stereocenters. The van der Waals surface area contributed by atoms with Gasteiger partial charge in [0.05, 0.1) is 28.1 Å². The first-order valence-electron chi connectivity index (χ1n) is 5.95. The van der Waals surface area contributed by atoms with Gasteiger partial charge in [-0.25, -0.2) is 0 Å². The zero-order valence-electron chi connectivity index (χ0n) is 10.8. The maximum Gasteiger partial charge on any atom is 0.150 e. The fourth-order valence-electron chi connectivity index (χ4n) is 1.82. The highest BCUT2D eigenvalue weighted by Gasteiger charge is 2.12. The lowest BCUT2D eigenvalue weighted by Crippen LogP contribution is -2.15. The van der Waals surface area contributed by atoms with Gasteiger partial charge in [-0.05, 0) is 29.3 Å². The van der Waals surface area contributed by atoms with Crippen LogP contribution in [0.15, 0.2) is 15.1 Å². The molecule has 0 saturated heterocycles. The molecular weight excluding hydrogens is 296 g/mol. The molecule has 0 bridgehead atoms. The van der Waals surface area contributed by atoms with Gasteiger partial charge in [0.25, 0.3) is 0 Å². The Morgan fingerprint density at radius 3 is 2.78 bits per heavy atom. The number of halogens is 1. The molecule has 98 valence electrons. The van der Waals surface area contributed by atoms with Crippen LogP contribution in [-0.4, -0.2) is 14.9 Å². The van der Waals surface area contributed by atoms with Gasteiger partial charge in [0.15, 0.2) is 5.76 Å². The van der Waals surface area contributed by atoms with Crippen LogP contribution < -0.4 is 5.32 Å². The second-order valence-corrected chi connectivity index (χ2v) is 5.02. The van der Waals surface area contributed by atoms with Crippen molar-refractivity contribution in [3.63, 3.8) is 0 Å². The largest absolute Gasteiger partial charge is 0.360 e. The van der Waals surface area contributed by atoms with Gasteiger partial charge in [-0.15, -0.1) is 0 Å². The summed E-state index contributed by atoms with van der Waals surface area (Å²) in [6.07, 6.45) is 0.926. The van der Waals surface area contributed by atoms with Crippen molar-refractivity contribution < 1.29 is 4.52 Å². The lowest BCUT2D eigenvalue weighted by Gasteiger charge is -2.03. The Balaban J connectivity index is 1.96. The molecule has 0 aliphatic carbocycles. The van der Waals surface area contributed by atoms with E-state index in [-0.39, 0.29) is 0 Å². The molecule has 0 unspecified atom stereocenters. The number of nitrogens with zero attached hydrogens (tertiary/aromatic N) is 3. The van der Waals surface area contributed by atoms with E-state index in [9.17, 15) is 0 Å². The molecule has 6 heteroatoms. The number of hydrogen-bond acceptors (Lipinski definition) is 4. The maximum atomic E-state index is 5.14. The normalized spacial score (nSPS) is 11.1. The van der Waals surface area contributed by atoms with Crippen molar-refractivity contribution in [2.45, 2.75) is 33.4 Å². The summed E-state index contributed by atoms with van der Waals surface area (Å²) in [7, 11) is 1.96. The topological polar surface area (TPSA) is 55.9 Å². The zero-order valence-corrected chi connectivity index (χ0v) is 12.4. The first-order chi connectivity index (χ1) is 8.61. The minimum atomic E-state index is 0.667. The molecule has 2 rings (SSSR count). The Morgan fingerprint density at radius 2 is 2.22 bits per heavy atom. The maximum absolute atomic E-state index is 5.14. The van der Waals surface area contributed by atoms with E-state index in [4.69, 9.17) is 4.52 Å². The Labute approximate surface area is 115 Å². The summed E-state index contributed by atoms with van der Waals surface area (Å²) in [6, 6.07) is 1.93. The molecule has 0 aliphatic rings. The number of rotatable bonds is 5. The third kappa shape index (κ3) is 2.81. The molecule has 2 aromatic heterocycles. The van der Waals surface area contributed by atoms with Crippen LogP contribution in [0.5, 0.6) is 0 Å². The molecule has 0 amide bonds. The summed E-state index contributed by atoms with van der Waals surface area (Å²) in [4.78, 5) is 0. The lowest BCUT2D eigenvalue weighted by molar-refractivity contribution is 0.368. The molecule has 1 N–H and O–H groups in total. The minimum Gasteiger partial charge on any atom is -0.360 e. The standard InChI is InChI=1S/C12H17BrN4O/c1-4-10-12(13)11(17(3)15-10)7-14-6-9-5-8(2)16-18-9/h5,14H,4,6-7H2,1-3H3. The quantitative estimate of drug-likeness (QED) is 0.920. The minimum absolute atomic E-state index is 0.667. The molecule has 0 aliphatic heterocycles. The van der Waals surface area contributed by atoms with Crippen LogP contribution in [0.3, 0.4) is 0 Å². The highest BCUT2D eigenvalue weighted by atomic mass is 79.9. The molecule has 0 aromatic carbocycles. The summed E-state index contributed by atoms with van der Waals surface area (Å²) in [5, 5.41) is 11.6. The molecule has 0 fully saturated rings. The van der Waals surface area contributed by atoms with E-state index in [0.29, 0.717) is 6.54 Å². The first kappa shape index (κ1) is 13.3. The number of nitrogens with one attached hydrogen (secondary N) is 1. The molecule has 2 aromatic rings. The van der Waals surface area contributed by atoms with E-state index in [2.05, 4.69) is 38.4 Å². The van der Waals surface area contributed by atoms with Gasteiger partial charge < -0.3 is 9.84 Å². The molecule has 5 nitrogen and oxygen atoms in total. The molecule has 0 radical (unpaired) electrons. The van der Waals surface area contributed by atoms with E-state index < -0.39 is 0 Å².